The number of methoxy groups -OCH3 is 1. The first-order valence-electron chi connectivity index (χ1n) is 6.43. The fourth-order valence-corrected chi connectivity index (χ4v) is 2.44. The van der Waals surface area contributed by atoms with Crippen molar-refractivity contribution >= 4 is 17.3 Å². The second-order valence-electron chi connectivity index (χ2n) is 5.00. The van der Waals surface area contributed by atoms with Crippen LogP contribution in [0, 0.1) is 5.92 Å². The van der Waals surface area contributed by atoms with Gasteiger partial charge < -0.3 is 20.5 Å². The highest BCUT2D eigenvalue weighted by atomic mass is 16.5. The second kappa shape index (κ2) is 5.48. The van der Waals surface area contributed by atoms with Gasteiger partial charge in [-0.15, -0.1) is 0 Å². The molecule has 5 nitrogen and oxygen atoms in total. The van der Waals surface area contributed by atoms with Gasteiger partial charge in [-0.2, -0.15) is 0 Å². The average molecular weight is 264 g/mol. The number of esters is 1. The predicted molar refractivity (Wildman–Crippen MR) is 74.2 cm³/mol. The second-order valence-corrected chi connectivity index (χ2v) is 5.00. The largest absolute Gasteiger partial charge is 0.465 e. The van der Waals surface area contributed by atoms with Crippen LogP contribution in [0.15, 0.2) is 18.2 Å². The van der Waals surface area contributed by atoms with E-state index in [-0.39, 0.29) is 12.0 Å². The summed E-state index contributed by atoms with van der Waals surface area (Å²) in [6.45, 7) is 3.49. The Morgan fingerprint density at radius 3 is 2.89 bits per heavy atom. The molecular weight excluding hydrogens is 244 g/mol. The molecule has 1 aromatic carbocycles. The van der Waals surface area contributed by atoms with Crippen LogP contribution in [0.2, 0.25) is 0 Å². The highest BCUT2D eigenvalue weighted by Gasteiger charge is 2.26. The summed E-state index contributed by atoms with van der Waals surface area (Å²) in [5.41, 5.74) is 7.53. The molecule has 1 saturated heterocycles. The number of aliphatic hydroxyl groups is 1. The minimum atomic E-state index is -0.425. The molecule has 1 aromatic rings. The van der Waals surface area contributed by atoms with E-state index in [1.807, 2.05) is 13.0 Å². The monoisotopic (exact) mass is 264 g/mol. The van der Waals surface area contributed by atoms with Crippen molar-refractivity contribution in [3.8, 4) is 0 Å². The molecule has 0 amide bonds. The lowest BCUT2D eigenvalue weighted by Gasteiger charge is -2.20. The molecule has 3 N–H and O–H groups in total. The number of hydrogen-bond acceptors (Lipinski definition) is 5. The van der Waals surface area contributed by atoms with Crippen molar-refractivity contribution in [1.29, 1.82) is 0 Å². The maximum atomic E-state index is 11.6. The van der Waals surface area contributed by atoms with Gasteiger partial charge in [-0.25, -0.2) is 4.79 Å². The van der Waals surface area contributed by atoms with E-state index in [9.17, 15) is 9.90 Å². The normalized spacial score (nSPS) is 20.4. The molecule has 1 aliphatic rings. The van der Waals surface area contributed by atoms with Crippen LogP contribution in [0.3, 0.4) is 0 Å². The van der Waals surface area contributed by atoms with E-state index in [2.05, 4.69) is 4.90 Å². The van der Waals surface area contributed by atoms with Crippen molar-refractivity contribution in [1.82, 2.24) is 0 Å². The van der Waals surface area contributed by atoms with E-state index in [0.29, 0.717) is 11.3 Å². The molecule has 2 atom stereocenters. The van der Waals surface area contributed by atoms with Gasteiger partial charge in [0, 0.05) is 30.4 Å². The first kappa shape index (κ1) is 13.7. The molecule has 5 heteroatoms. The molecule has 2 unspecified atom stereocenters. The van der Waals surface area contributed by atoms with Gasteiger partial charge in [-0.1, -0.05) is 0 Å². The topological polar surface area (TPSA) is 75.8 Å². The first-order chi connectivity index (χ1) is 9.02. The number of anilines is 2. The SMILES string of the molecule is COC(=O)c1cc(N2CCC(C(C)O)C2)ccc1N. The number of carbonyl (C=O) groups excluding carboxylic acids is 1. The lowest BCUT2D eigenvalue weighted by Crippen LogP contribution is -2.24. The molecule has 0 spiro atoms. The van der Waals surface area contributed by atoms with E-state index < -0.39 is 5.97 Å². The van der Waals surface area contributed by atoms with Crippen LogP contribution in [0.5, 0.6) is 0 Å². The standard InChI is InChI=1S/C14H20N2O3/c1-9(17)10-5-6-16(8-10)11-3-4-13(15)12(7-11)14(18)19-2/h3-4,7,9-10,17H,5-6,8,15H2,1-2H3. The third kappa shape index (κ3) is 2.81. The number of nitrogen functional groups attached to an aromatic ring is 1. The Morgan fingerprint density at radius 1 is 1.58 bits per heavy atom. The summed E-state index contributed by atoms with van der Waals surface area (Å²) in [6.07, 6.45) is 0.647. The predicted octanol–water partition coefficient (Wildman–Crippen LogP) is 1.26. The Bertz CT molecular complexity index is 474. The van der Waals surface area contributed by atoms with Crippen molar-refractivity contribution in [2.24, 2.45) is 5.92 Å². The minimum Gasteiger partial charge on any atom is -0.465 e. The zero-order valence-electron chi connectivity index (χ0n) is 11.3. The number of rotatable bonds is 3. The number of nitrogens with zero attached hydrogens (tertiary/aromatic N) is 1. The molecule has 0 aliphatic carbocycles. The van der Waals surface area contributed by atoms with E-state index in [1.54, 1.807) is 12.1 Å². The molecule has 104 valence electrons. The molecule has 1 fully saturated rings. The van der Waals surface area contributed by atoms with Crippen LogP contribution in [0.25, 0.3) is 0 Å². The van der Waals surface area contributed by atoms with Crippen LogP contribution in [0.1, 0.15) is 23.7 Å². The Labute approximate surface area is 113 Å². The minimum absolute atomic E-state index is 0.277. The number of hydrogen-bond donors (Lipinski definition) is 2. The summed E-state index contributed by atoms with van der Waals surface area (Å²) in [5, 5.41) is 9.62. The van der Waals surface area contributed by atoms with Gasteiger partial charge in [-0.3, -0.25) is 0 Å². The highest BCUT2D eigenvalue weighted by Crippen LogP contribution is 2.28. The summed E-state index contributed by atoms with van der Waals surface area (Å²) in [6, 6.07) is 5.37. The molecule has 1 heterocycles. The third-order valence-corrected chi connectivity index (χ3v) is 3.71. The van der Waals surface area contributed by atoms with Gasteiger partial charge in [0.2, 0.25) is 0 Å². The molecule has 2 rings (SSSR count). The first-order valence-corrected chi connectivity index (χ1v) is 6.43. The summed E-state index contributed by atoms with van der Waals surface area (Å²) in [7, 11) is 1.34. The van der Waals surface area contributed by atoms with Crippen molar-refractivity contribution in [3.63, 3.8) is 0 Å². The molecule has 0 bridgehead atoms. The van der Waals surface area contributed by atoms with E-state index >= 15 is 0 Å². The van der Waals surface area contributed by atoms with Gasteiger partial charge in [0.1, 0.15) is 0 Å². The molecule has 0 aromatic heterocycles. The third-order valence-electron chi connectivity index (χ3n) is 3.71. The van der Waals surface area contributed by atoms with E-state index in [4.69, 9.17) is 10.5 Å². The fourth-order valence-electron chi connectivity index (χ4n) is 2.44. The highest BCUT2D eigenvalue weighted by molar-refractivity contribution is 5.96. The van der Waals surface area contributed by atoms with Gasteiger partial charge in [-0.05, 0) is 31.5 Å². The lowest BCUT2D eigenvalue weighted by molar-refractivity contribution is 0.0602. The van der Waals surface area contributed by atoms with Crippen LogP contribution < -0.4 is 10.6 Å². The van der Waals surface area contributed by atoms with Crippen LogP contribution in [0.4, 0.5) is 11.4 Å². The zero-order chi connectivity index (χ0) is 14.0. The van der Waals surface area contributed by atoms with Gasteiger partial charge in [0.05, 0.1) is 18.8 Å². The maximum Gasteiger partial charge on any atom is 0.340 e. The number of carbonyl (C=O) groups is 1. The lowest BCUT2D eigenvalue weighted by atomic mass is 10.0. The summed E-state index contributed by atoms with van der Waals surface area (Å²) >= 11 is 0. The van der Waals surface area contributed by atoms with Crippen LogP contribution in [-0.4, -0.2) is 37.4 Å². The van der Waals surface area contributed by atoms with Crippen molar-refractivity contribution in [2.75, 3.05) is 30.8 Å². The average Bonchev–Trinajstić information content (AvgIpc) is 2.88. The van der Waals surface area contributed by atoms with Gasteiger partial charge in [0.25, 0.3) is 0 Å². The quantitative estimate of drug-likeness (QED) is 0.635. The number of aliphatic hydroxyl groups excluding tert-OH is 1. The summed E-state index contributed by atoms with van der Waals surface area (Å²) in [5.74, 6) is -0.148. The van der Waals surface area contributed by atoms with Gasteiger partial charge >= 0.3 is 5.97 Å². The number of benzene rings is 1. The zero-order valence-corrected chi connectivity index (χ0v) is 11.3. The number of nitrogens with two attached hydrogens (primary N) is 1. The summed E-state index contributed by atoms with van der Waals surface area (Å²) in [4.78, 5) is 13.8. The van der Waals surface area contributed by atoms with Crippen molar-refractivity contribution in [2.45, 2.75) is 19.4 Å². The van der Waals surface area contributed by atoms with Crippen molar-refractivity contribution < 1.29 is 14.6 Å². The Kier molecular flexibility index (Phi) is 3.95. The molecular formula is C14H20N2O3. The van der Waals surface area contributed by atoms with E-state index in [1.165, 1.54) is 7.11 Å². The smallest absolute Gasteiger partial charge is 0.340 e. The summed E-state index contributed by atoms with van der Waals surface area (Å²) < 4.78 is 4.72. The Balaban J connectivity index is 2.20. The number of ether oxygens (including phenoxy) is 1. The maximum absolute atomic E-state index is 11.6. The fraction of sp³-hybridized carbons (Fsp3) is 0.500. The van der Waals surface area contributed by atoms with Gasteiger partial charge in [0.15, 0.2) is 0 Å². The van der Waals surface area contributed by atoms with Crippen molar-refractivity contribution in [3.05, 3.63) is 23.8 Å². The Hall–Kier alpha value is -1.75. The molecule has 0 radical (unpaired) electrons. The van der Waals surface area contributed by atoms with Crippen LogP contribution in [-0.2, 0) is 4.74 Å². The Morgan fingerprint density at radius 2 is 2.32 bits per heavy atom. The van der Waals surface area contributed by atoms with Crippen LogP contribution >= 0.6 is 0 Å². The van der Waals surface area contributed by atoms with E-state index in [0.717, 1.165) is 25.2 Å². The molecule has 0 saturated carbocycles. The molecule has 1 aliphatic heterocycles. The molecule has 19 heavy (non-hydrogen) atoms.